The molecule has 0 saturated heterocycles. The number of pyridine rings is 1. The Morgan fingerprint density at radius 1 is 1.32 bits per heavy atom. The van der Waals surface area contributed by atoms with E-state index < -0.39 is 5.97 Å². The highest BCUT2D eigenvalue weighted by Crippen LogP contribution is 2.19. The zero-order chi connectivity index (χ0) is 15.8. The van der Waals surface area contributed by atoms with E-state index in [0.29, 0.717) is 6.54 Å². The van der Waals surface area contributed by atoms with Gasteiger partial charge in [-0.2, -0.15) is 0 Å². The second-order valence-electron chi connectivity index (χ2n) is 5.23. The molecule has 0 saturated carbocycles. The predicted molar refractivity (Wildman–Crippen MR) is 81.5 cm³/mol. The molecule has 1 heterocycles. The summed E-state index contributed by atoms with van der Waals surface area (Å²) in [6.07, 6.45) is 9.12. The summed E-state index contributed by atoms with van der Waals surface area (Å²) >= 11 is 0. The number of aromatic amines is 1. The number of carbonyl (C=O) groups excluding carboxylic acids is 2. The summed E-state index contributed by atoms with van der Waals surface area (Å²) in [5.41, 5.74) is 1.12. The summed E-state index contributed by atoms with van der Waals surface area (Å²) < 4.78 is 4.87. The summed E-state index contributed by atoms with van der Waals surface area (Å²) in [4.78, 5) is 36.7. The molecule has 0 radical (unpaired) electrons. The third kappa shape index (κ3) is 5.20. The molecule has 6 heteroatoms. The van der Waals surface area contributed by atoms with Gasteiger partial charge in [-0.3, -0.25) is 9.59 Å². The van der Waals surface area contributed by atoms with Crippen molar-refractivity contribution in [2.45, 2.75) is 32.1 Å². The average Bonchev–Trinajstić information content (AvgIpc) is 2.53. The van der Waals surface area contributed by atoms with Crippen molar-refractivity contribution < 1.29 is 14.3 Å². The van der Waals surface area contributed by atoms with Crippen LogP contribution >= 0.6 is 0 Å². The lowest BCUT2D eigenvalue weighted by Crippen LogP contribution is -2.30. The molecule has 1 aromatic rings. The van der Waals surface area contributed by atoms with Gasteiger partial charge in [0.25, 0.3) is 5.91 Å². The van der Waals surface area contributed by atoms with Crippen LogP contribution in [0.1, 0.15) is 42.5 Å². The molecule has 0 aliphatic heterocycles. The molecular weight excluding hydrogens is 284 g/mol. The number of esters is 1. The van der Waals surface area contributed by atoms with Gasteiger partial charge in [-0.15, -0.1) is 0 Å². The Morgan fingerprint density at radius 3 is 2.91 bits per heavy atom. The zero-order valence-corrected chi connectivity index (χ0v) is 12.4. The summed E-state index contributed by atoms with van der Waals surface area (Å²) in [7, 11) is 0. The van der Waals surface area contributed by atoms with E-state index >= 15 is 0 Å². The Balaban J connectivity index is 1.68. The lowest BCUT2D eigenvalue weighted by Gasteiger charge is -2.13. The lowest BCUT2D eigenvalue weighted by atomic mass is 9.97. The van der Waals surface area contributed by atoms with Crippen LogP contribution in [0.15, 0.2) is 34.8 Å². The first-order valence-electron chi connectivity index (χ1n) is 7.45. The second kappa shape index (κ2) is 8.17. The number of H-pyrrole nitrogens is 1. The molecule has 0 unspecified atom stereocenters. The standard InChI is InChI=1S/C16H20N2O4/c19-14-10-13(7-9-17-14)16(21)22-11-15(20)18-8-6-12-4-2-1-3-5-12/h4,7,9-10H,1-3,5-6,8,11H2,(H,17,19)(H,18,20). The maximum atomic E-state index is 11.7. The number of nitrogens with one attached hydrogen (secondary N) is 2. The molecule has 0 spiro atoms. The quantitative estimate of drug-likeness (QED) is 0.616. The Morgan fingerprint density at radius 2 is 2.18 bits per heavy atom. The van der Waals surface area contributed by atoms with Crippen LogP contribution in [-0.2, 0) is 9.53 Å². The molecule has 0 fully saturated rings. The molecule has 0 atom stereocenters. The summed E-state index contributed by atoms with van der Waals surface area (Å²) in [5.74, 6) is -1.02. The molecule has 1 aliphatic rings. The van der Waals surface area contributed by atoms with Gasteiger partial charge < -0.3 is 15.0 Å². The largest absolute Gasteiger partial charge is 0.452 e. The number of hydrogen-bond donors (Lipinski definition) is 2. The van der Waals surface area contributed by atoms with Gasteiger partial charge in [0, 0.05) is 18.8 Å². The fourth-order valence-corrected chi connectivity index (χ4v) is 2.33. The number of carbonyl (C=O) groups is 2. The first-order valence-corrected chi connectivity index (χ1v) is 7.45. The highest BCUT2D eigenvalue weighted by Gasteiger charge is 2.10. The first kappa shape index (κ1) is 16.0. The number of ether oxygens (including phenoxy) is 1. The highest BCUT2D eigenvalue weighted by atomic mass is 16.5. The maximum Gasteiger partial charge on any atom is 0.338 e. The van der Waals surface area contributed by atoms with Crippen molar-refractivity contribution in [1.82, 2.24) is 10.3 Å². The van der Waals surface area contributed by atoms with Crippen molar-refractivity contribution in [3.05, 3.63) is 45.9 Å². The first-order chi connectivity index (χ1) is 10.6. The van der Waals surface area contributed by atoms with E-state index in [1.165, 1.54) is 30.7 Å². The van der Waals surface area contributed by atoms with Crippen molar-refractivity contribution in [3.63, 3.8) is 0 Å². The molecule has 2 rings (SSSR count). The SMILES string of the molecule is O=C(COC(=O)c1cc[nH]c(=O)c1)NCCC1=CCCCC1. The van der Waals surface area contributed by atoms with Gasteiger partial charge in [0.05, 0.1) is 5.56 Å². The third-order valence-corrected chi connectivity index (χ3v) is 3.50. The van der Waals surface area contributed by atoms with E-state index in [1.54, 1.807) is 0 Å². The van der Waals surface area contributed by atoms with Gasteiger partial charge in [-0.1, -0.05) is 11.6 Å². The minimum Gasteiger partial charge on any atom is -0.452 e. The van der Waals surface area contributed by atoms with E-state index in [1.807, 2.05) is 0 Å². The van der Waals surface area contributed by atoms with Crippen LogP contribution in [0.2, 0.25) is 0 Å². The van der Waals surface area contributed by atoms with E-state index in [0.717, 1.165) is 25.3 Å². The predicted octanol–water partition coefficient (Wildman–Crippen LogP) is 1.54. The number of hydrogen-bond acceptors (Lipinski definition) is 4. The molecule has 22 heavy (non-hydrogen) atoms. The van der Waals surface area contributed by atoms with Crippen LogP contribution in [0.3, 0.4) is 0 Å². The van der Waals surface area contributed by atoms with Gasteiger partial charge in [0.15, 0.2) is 6.61 Å². The van der Waals surface area contributed by atoms with Crippen molar-refractivity contribution in [1.29, 1.82) is 0 Å². The molecule has 6 nitrogen and oxygen atoms in total. The fraction of sp³-hybridized carbons (Fsp3) is 0.438. The van der Waals surface area contributed by atoms with Gasteiger partial charge in [0.2, 0.25) is 5.56 Å². The highest BCUT2D eigenvalue weighted by molar-refractivity contribution is 5.91. The van der Waals surface area contributed by atoms with Gasteiger partial charge in [0.1, 0.15) is 0 Å². The van der Waals surface area contributed by atoms with Crippen LogP contribution in [-0.4, -0.2) is 30.0 Å². The molecule has 0 aromatic carbocycles. The molecule has 1 aromatic heterocycles. The van der Waals surface area contributed by atoms with Crippen LogP contribution in [0.4, 0.5) is 0 Å². The van der Waals surface area contributed by atoms with Crippen molar-refractivity contribution in [2.75, 3.05) is 13.2 Å². The van der Waals surface area contributed by atoms with Crippen LogP contribution < -0.4 is 10.9 Å². The third-order valence-electron chi connectivity index (χ3n) is 3.50. The molecule has 1 aliphatic carbocycles. The Labute approximate surface area is 128 Å². The molecule has 1 amide bonds. The van der Waals surface area contributed by atoms with Crippen LogP contribution in [0.25, 0.3) is 0 Å². The van der Waals surface area contributed by atoms with Crippen molar-refractivity contribution in [2.24, 2.45) is 0 Å². The lowest BCUT2D eigenvalue weighted by molar-refractivity contribution is -0.124. The maximum absolute atomic E-state index is 11.7. The smallest absolute Gasteiger partial charge is 0.338 e. The average molecular weight is 304 g/mol. The van der Waals surface area contributed by atoms with Gasteiger partial charge >= 0.3 is 5.97 Å². The zero-order valence-electron chi connectivity index (χ0n) is 12.4. The van der Waals surface area contributed by atoms with Crippen LogP contribution in [0, 0.1) is 0 Å². The normalized spacial score (nSPS) is 14.1. The molecule has 2 N–H and O–H groups in total. The van der Waals surface area contributed by atoms with Gasteiger partial charge in [-0.25, -0.2) is 4.79 Å². The summed E-state index contributed by atoms with van der Waals surface area (Å²) in [6, 6.07) is 2.56. The Hall–Kier alpha value is -2.37. The number of amides is 1. The Bertz CT molecular complexity index is 619. The van der Waals surface area contributed by atoms with Crippen molar-refractivity contribution >= 4 is 11.9 Å². The van der Waals surface area contributed by atoms with Crippen LogP contribution in [0.5, 0.6) is 0 Å². The molecule has 118 valence electrons. The number of aromatic nitrogens is 1. The van der Waals surface area contributed by atoms with Crippen molar-refractivity contribution in [3.8, 4) is 0 Å². The number of allylic oxidation sites excluding steroid dienone is 1. The van der Waals surface area contributed by atoms with Gasteiger partial charge in [-0.05, 0) is 38.2 Å². The van der Waals surface area contributed by atoms with E-state index in [4.69, 9.17) is 4.74 Å². The summed E-state index contributed by atoms with van der Waals surface area (Å²) in [5, 5.41) is 2.72. The molecule has 0 bridgehead atoms. The van der Waals surface area contributed by atoms with E-state index in [-0.39, 0.29) is 23.6 Å². The minimum absolute atomic E-state index is 0.129. The Kier molecular flexibility index (Phi) is 5.94. The fourth-order valence-electron chi connectivity index (χ4n) is 2.33. The van der Waals surface area contributed by atoms with E-state index in [2.05, 4.69) is 16.4 Å². The minimum atomic E-state index is -0.684. The van der Waals surface area contributed by atoms with E-state index in [9.17, 15) is 14.4 Å². The second-order valence-corrected chi connectivity index (χ2v) is 5.23. The summed E-state index contributed by atoms with van der Waals surface area (Å²) in [6.45, 7) is 0.206. The topological polar surface area (TPSA) is 88.3 Å². The number of rotatable bonds is 6. The molecular formula is C16H20N2O4. The monoisotopic (exact) mass is 304 g/mol.